The number of fused-ring (bicyclic) bond motifs is 2. The van der Waals surface area contributed by atoms with E-state index in [0.717, 1.165) is 50.7 Å². The molecule has 10 heteroatoms. The quantitative estimate of drug-likeness (QED) is 0.507. The zero-order valence-corrected chi connectivity index (χ0v) is 20.3. The number of ketones is 1. The largest absolute Gasteiger partial charge is 0.418 e. The normalized spacial score (nSPS) is 26.2. The molecular weight excluding hydrogens is 485 g/mol. The third-order valence-corrected chi connectivity index (χ3v) is 7.80. The van der Waals surface area contributed by atoms with E-state index in [1.165, 1.54) is 11.6 Å². The summed E-state index contributed by atoms with van der Waals surface area (Å²) in [6.07, 6.45) is 0.0513. The molecular formula is C27H29F3N4O3. The monoisotopic (exact) mass is 514 g/mol. The fourth-order valence-electron chi connectivity index (χ4n) is 6.00. The van der Waals surface area contributed by atoms with Crippen molar-refractivity contribution in [1.29, 1.82) is 0 Å². The molecule has 2 fully saturated rings. The first-order valence-corrected chi connectivity index (χ1v) is 12.8. The molecule has 0 bridgehead atoms. The number of nitrogens with zero attached hydrogens (tertiary/aromatic N) is 3. The summed E-state index contributed by atoms with van der Waals surface area (Å²) in [4.78, 5) is 27.1. The summed E-state index contributed by atoms with van der Waals surface area (Å²) < 4.78 is 52.3. The van der Waals surface area contributed by atoms with Crippen LogP contribution in [0.15, 0.2) is 36.5 Å². The molecule has 2 aromatic heterocycles. The fraction of sp³-hybridized carbons (Fsp3) is 0.519. The summed E-state index contributed by atoms with van der Waals surface area (Å²) in [7, 11) is 0. The number of imidazole rings is 1. The van der Waals surface area contributed by atoms with Crippen molar-refractivity contribution < 1.29 is 27.4 Å². The van der Waals surface area contributed by atoms with Crippen LogP contribution in [0, 0.1) is 5.92 Å². The third-order valence-electron chi connectivity index (χ3n) is 7.80. The fourth-order valence-corrected chi connectivity index (χ4v) is 6.00. The average Bonchev–Trinajstić information content (AvgIpc) is 3.65. The maximum atomic E-state index is 13.4. The Morgan fingerprint density at radius 3 is 2.89 bits per heavy atom. The first-order valence-electron chi connectivity index (χ1n) is 12.8. The summed E-state index contributed by atoms with van der Waals surface area (Å²) in [6.45, 7) is 2.87. The molecule has 196 valence electrons. The lowest BCUT2D eigenvalue weighted by Gasteiger charge is -2.23. The van der Waals surface area contributed by atoms with E-state index < -0.39 is 11.7 Å². The van der Waals surface area contributed by atoms with Gasteiger partial charge in [-0.25, -0.2) is 4.98 Å². The molecule has 1 aliphatic carbocycles. The van der Waals surface area contributed by atoms with E-state index in [9.17, 15) is 18.0 Å². The number of aryl methyl sites for hydroxylation is 1. The maximum absolute atomic E-state index is 13.4. The first kappa shape index (κ1) is 24.5. The third kappa shape index (κ3) is 5.02. The molecule has 0 amide bonds. The van der Waals surface area contributed by atoms with Crippen molar-refractivity contribution in [3.63, 3.8) is 0 Å². The molecule has 3 aromatic rings. The number of halogens is 3. The molecule has 2 saturated heterocycles. The number of pyridine rings is 1. The minimum Gasteiger partial charge on any atom is -0.380 e. The number of H-pyrrole nitrogens is 1. The highest BCUT2D eigenvalue weighted by atomic mass is 19.4. The van der Waals surface area contributed by atoms with Crippen LogP contribution < -0.4 is 0 Å². The highest BCUT2D eigenvalue weighted by molar-refractivity contribution is 5.83. The van der Waals surface area contributed by atoms with Crippen molar-refractivity contribution in [2.24, 2.45) is 5.92 Å². The van der Waals surface area contributed by atoms with Gasteiger partial charge >= 0.3 is 6.18 Å². The van der Waals surface area contributed by atoms with Gasteiger partial charge in [0.05, 0.1) is 35.9 Å². The number of alkyl halides is 3. The summed E-state index contributed by atoms with van der Waals surface area (Å²) in [5.74, 6) is 0.166. The smallest absolute Gasteiger partial charge is 0.380 e. The molecule has 3 unspecified atom stereocenters. The lowest BCUT2D eigenvalue weighted by atomic mass is 9.97. The van der Waals surface area contributed by atoms with Crippen molar-refractivity contribution in [3.8, 4) is 0 Å². The van der Waals surface area contributed by atoms with Gasteiger partial charge in [0.2, 0.25) is 0 Å². The Morgan fingerprint density at radius 1 is 1.19 bits per heavy atom. The van der Waals surface area contributed by atoms with E-state index in [0.29, 0.717) is 12.6 Å². The Labute approximate surface area is 212 Å². The molecule has 3 aliphatic rings. The predicted octanol–water partition coefficient (Wildman–Crippen LogP) is 4.27. The van der Waals surface area contributed by atoms with Gasteiger partial charge in [0.1, 0.15) is 23.2 Å². The van der Waals surface area contributed by atoms with Gasteiger partial charge < -0.3 is 14.5 Å². The Hall–Kier alpha value is -2.82. The number of likely N-dealkylation sites (tertiary alicyclic amines) is 1. The zero-order chi connectivity index (χ0) is 25.6. The van der Waals surface area contributed by atoms with E-state index in [4.69, 9.17) is 9.47 Å². The van der Waals surface area contributed by atoms with Crippen LogP contribution in [0.1, 0.15) is 48.0 Å². The SMILES string of the molecule is O=C(Cc1nc2c(C(F)(F)F)cccc2[nH]1)CC1CN(C2CCOC2)C[C@@H]1OC1CCc2cccnc21. The number of nitrogens with one attached hydrogen (secondary N) is 1. The minimum atomic E-state index is -4.51. The van der Waals surface area contributed by atoms with Crippen LogP contribution in [0.25, 0.3) is 11.0 Å². The average molecular weight is 515 g/mol. The van der Waals surface area contributed by atoms with Crippen LogP contribution in [0.5, 0.6) is 0 Å². The highest BCUT2D eigenvalue weighted by Gasteiger charge is 2.41. The maximum Gasteiger partial charge on any atom is 0.418 e. The molecule has 4 atom stereocenters. The molecule has 0 radical (unpaired) electrons. The molecule has 6 rings (SSSR count). The van der Waals surface area contributed by atoms with Gasteiger partial charge in [-0.2, -0.15) is 13.2 Å². The van der Waals surface area contributed by atoms with E-state index in [-0.39, 0.29) is 53.6 Å². The van der Waals surface area contributed by atoms with E-state index in [1.807, 2.05) is 6.07 Å². The van der Waals surface area contributed by atoms with Gasteiger partial charge in [0, 0.05) is 44.3 Å². The van der Waals surface area contributed by atoms with Crippen molar-refractivity contribution in [2.45, 2.75) is 56.5 Å². The van der Waals surface area contributed by atoms with Gasteiger partial charge in [-0.05, 0) is 43.0 Å². The highest BCUT2D eigenvalue weighted by Crippen LogP contribution is 2.38. The number of ether oxygens (including phenoxy) is 2. The summed E-state index contributed by atoms with van der Waals surface area (Å²) in [5, 5.41) is 0. The second-order valence-electron chi connectivity index (χ2n) is 10.3. The number of hydrogen-bond donors (Lipinski definition) is 1. The van der Waals surface area contributed by atoms with Crippen molar-refractivity contribution in [3.05, 3.63) is 59.2 Å². The summed E-state index contributed by atoms with van der Waals surface area (Å²) in [6, 6.07) is 8.23. The number of carbonyl (C=O) groups is 1. The number of aromatic amines is 1. The summed E-state index contributed by atoms with van der Waals surface area (Å²) in [5.41, 5.74) is 1.52. The minimum absolute atomic E-state index is 0.0176. The topological polar surface area (TPSA) is 80.3 Å². The van der Waals surface area contributed by atoms with Gasteiger partial charge in [0.15, 0.2) is 0 Å². The van der Waals surface area contributed by atoms with Gasteiger partial charge in [-0.3, -0.25) is 14.7 Å². The van der Waals surface area contributed by atoms with Gasteiger partial charge in [0.25, 0.3) is 0 Å². The lowest BCUT2D eigenvalue weighted by molar-refractivity contribution is -0.136. The van der Waals surface area contributed by atoms with Crippen LogP contribution in [0.2, 0.25) is 0 Å². The Bertz CT molecular complexity index is 1290. The summed E-state index contributed by atoms with van der Waals surface area (Å²) >= 11 is 0. The lowest BCUT2D eigenvalue weighted by Crippen LogP contribution is -2.34. The van der Waals surface area contributed by atoms with Crippen molar-refractivity contribution in [1.82, 2.24) is 19.9 Å². The zero-order valence-electron chi connectivity index (χ0n) is 20.3. The number of rotatable bonds is 7. The number of para-hydroxylation sites is 1. The molecule has 0 saturated carbocycles. The van der Waals surface area contributed by atoms with Crippen LogP contribution >= 0.6 is 0 Å². The van der Waals surface area contributed by atoms with Crippen molar-refractivity contribution in [2.75, 3.05) is 26.3 Å². The number of aromatic nitrogens is 3. The Morgan fingerprint density at radius 2 is 2.08 bits per heavy atom. The molecule has 7 nitrogen and oxygen atoms in total. The second kappa shape index (κ2) is 9.81. The van der Waals surface area contributed by atoms with Gasteiger partial charge in [-0.1, -0.05) is 12.1 Å². The number of carbonyl (C=O) groups excluding carboxylic acids is 1. The molecule has 4 heterocycles. The van der Waals surface area contributed by atoms with E-state index >= 15 is 0 Å². The number of Topliss-reactive ketones (excluding diaryl/α,β-unsaturated/α-hetero) is 1. The van der Waals surface area contributed by atoms with Crippen LogP contribution in [-0.4, -0.2) is 64.1 Å². The Kier molecular flexibility index (Phi) is 6.50. The standard InChI is InChI=1S/C27H29F3N4O3/c28-27(29,30)20-4-1-5-21-26(20)33-24(32-21)12-19(35)11-17-13-34(18-8-10-36-15-18)14-23(17)37-22-7-6-16-3-2-9-31-25(16)22/h1-5,9,17-18,22-23H,6-8,10-15H2,(H,32,33)/t17?,18?,22?,23-/m0/s1. The Balaban J connectivity index is 1.17. The first-order chi connectivity index (χ1) is 17.8. The predicted molar refractivity (Wildman–Crippen MR) is 129 cm³/mol. The molecule has 1 N–H and O–H groups in total. The molecule has 37 heavy (non-hydrogen) atoms. The van der Waals surface area contributed by atoms with Crippen LogP contribution in [0.4, 0.5) is 13.2 Å². The number of hydrogen-bond acceptors (Lipinski definition) is 6. The van der Waals surface area contributed by atoms with Gasteiger partial charge in [-0.15, -0.1) is 0 Å². The molecule has 2 aliphatic heterocycles. The van der Waals surface area contributed by atoms with E-state index in [2.05, 4.69) is 25.9 Å². The van der Waals surface area contributed by atoms with E-state index in [1.54, 1.807) is 12.3 Å². The van der Waals surface area contributed by atoms with Crippen LogP contribution in [-0.2, 0) is 33.3 Å². The van der Waals surface area contributed by atoms with Crippen molar-refractivity contribution >= 4 is 16.8 Å². The molecule has 0 spiro atoms. The van der Waals surface area contributed by atoms with Crippen LogP contribution in [0.3, 0.4) is 0 Å². The second-order valence-corrected chi connectivity index (χ2v) is 10.3. The number of benzene rings is 1. The molecule has 1 aromatic carbocycles.